The van der Waals surface area contributed by atoms with Crippen LogP contribution >= 0.6 is 0 Å². The van der Waals surface area contributed by atoms with Crippen LogP contribution in [0.3, 0.4) is 0 Å². The van der Waals surface area contributed by atoms with Gasteiger partial charge in [-0.3, -0.25) is 0 Å². The molecule has 0 aliphatic heterocycles. The summed E-state index contributed by atoms with van der Waals surface area (Å²) in [6.45, 7) is 0. The number of aromatic nitrogens is 2. The molecule has 165 valence electrons. The molecule has 5 aromatic rings. The molecule has 1 radical (unpaired) electrons. The summed E-state index contributed by atoms with van der Waals surface area (Å²) in [5, 5.41) is 0. The second kappa shape index (κ2) is 11.9. The van der Waals surface area contributed by atoms with Gasteiger partial charge in [0.2, 0.25) is 0 Å². The molecule has 3 aromatic carbocycles. The van der Waals surface area contributed by atoms with E-state index in [9.17, 15) is 8.78 Å². The van der Waals surface area contributed by atoms with Crippen molar-refractivity contribution in [2.45, 2.75) is 0 Å². The smallest absolute Gasteiger partial charge is 0.0446 e. The Morgan fingerprint density at radius 3 is 2.12 bits per heavy atom. The van der Waals surface area contributed by atoms with Crippen LogP contribution in [0.1, 0.15) is 0 Å². The van der Waals surface area contributed by atoms with Crippen LogP contribution in [0.15, 0.2) is 109 Å². The zero-order valence-electron chi connectivity index (χ0n) is 17.4. The third-order valence-corrected chi connectivity index (χ3v) is 4.60. The molecule has 2 heterocycles. The minimum atomic E-state index is -0.732. The minimum absolute atomic E-state index is 0. The first-order valence-electron chi connectivity index (χ1n) is 9.98. The fraction of sp³-hybridized carbons (Fsp3) is 0. The molecule has 0 atom stereocenters. The molecule has 0 bridgehead atoms. The first-order valence-corrected chi connectivity index (χ1v) is 9.98. The molecule has 0 unspecified atom stereocenters. The van der Waals surface area contributed by atoms with Crippen molar-refractivity contribution in [3.8, 4) is 33.6 Å². The minimum Gasteiger partial charge on any atom is -0.305 e. The summed E-state index contributed by atoms with van der Waals surface area (Å²) in [6.07, 6.45) is 3.38. The van der Waals surface area contributed by atoms with Gasteiger partial charge in [0.25, 0.3) is 0 Å². The SMILES string of the molecule is Fc1[c-]c(-c2ncccc2-c2ccccc2)cc(F)c1.[Ir].[c-]1ccccc1-c1ccccn1. The first-order chi connectivity index (χ1) is 15.7. The van der Waals surface area contributed by atoms with Crippen molar-refractivity contribution in [1.29, 1.82) is 0 Å². The summed E-state index contributed by atoms with van der Waals surface area (Å²) in [4.78, 5) is 8.46. The molecule has 0 fully saturated rings. The summed E-state index contributed by atoms with van der Waals surface area (Å²) < 4.78 is 26.7. The predicted molar refractivity (Wildman–Crippen MR) is 122 cm³/mol. The standard InChI is InChI=1S/C17H10F2N.C11H8N.Ir/c18-14-9-13(10-15(19)11-14)17-16(7-4-8-20-17)12-5-2-1-3-6-12;1-2-6-10(7-3-1)11-8-4-5-9-12-11;/h1-9,11H;1-6,8-9H;/q2*-1;. The molecule has 0 N–H and O–H groups in total. The van der Waals surface area contributed by atoms with E-state index in [-0.39, 0.29) is 20.1 Å². The van der Waals surface area contributed by atoms with Crippen molar-refractivity contribution >= 4 is 0 Å². The van der Waals surface area contributed by atoms with Crippen LogP contribution in [0, 0.1) is 23.8 Å². The van der Waals surface area contributed by atoms with Gasteiger partial charge in [0, 0.05) is 44.1 Å². The number of hydrogen-bond donors (Lipinski definition) is 0. The maximum Gasteiger partial charge on any atom is 0.0446 e. The summed E-state index contributed by atoms with van der Waals surface area (Å²) in [7, 11) is 0. The predicted octanol–water partition coefficient (Wildman–Crippen LogP) is 7.04. The first kappa shape index (κ1) is 24.1. The van der Waals surface area contributed by atoms with E-state index in [0.717, 1.165) is 28.5 Å². The fourth-order valence-corrected chi connectivity index (χ4v) is 3.17. The van der Waals surface area contributed by atoms with E-state index in [4.69, 9.17) is 0 Å². The number of benzene rings is 3. The second-order valence-electron chi connectivity index (χ2n) is 6.82. The molecule has 0 saturated carbocycles. The van der Waals surface area contributed by atoms with Crippen LogP contribution in [0.5, 0.6) is 0 Å². The Balaban J connectivity index is 0.000000202. The molecular weight excluding hydrogens is 595 g/mol. The van der Waals surface area contributed by atoms with Gasteiger partial charge in [-0.05, 0) is 34.6 Å². The largest absolute Gasteiger partial charge is 0.305 e. The van der Waals surface area contributed by atoms with Gasteiger partial charge in [-0.2, -0.15) is 0 Å². The van der Waals surface area contributed by atoms with Crippen LogP contribution in [0.25, 0.3) is 33.6 Å². The van der Waals surface area contributed by atoms with Crippen LogP contribution in [-0.4, -0.2) is 9.97 Å². The molecule has 2 nitrogen and oxygen atoms in total. The van der Waals surface area contributed by atoms with E-state index < -0.39 is 11.6 Å². The molecule has 0 saturated heterocycles. The maximum atomic E-state index is 13.4. The van der Waals surface area contributed by atoms with Crippen molar-refractivity contribution < 1.29 is 28.9 Å². The van der Waals surface area contributed by atoms with E-state index in [0.29, 0.717) is 11.3 Å². The van der Waals surface area contributed by atoms with Gasteiger partial charge in [-0.1, -0.05) is 54.6 Å². The second-order valence-corrected chi connectivity index (χ2v) is 6.82. The van der Waals surface area contributed by atoms with Crippen molar-refractivity contribution in [2.75, 3.05) is 0 Å². The van der Waals surface area contributed by atoms with Gasteiger partial charge in [0.1, 0.15) is 0 Å². The third kappa shape index (κ3) is 6.48. The molecule has 0 spiro atoms. The number of pyridine rings is 2. The van der Waals surface area contributed by atoms with Crippen LogP contribution in [0.2, 0.25) is 0 Å². The number of halogens is 2. The van der Waals surface area contributed by atoms with E-state index in [2.05, 4.69) is 22.1 Å². The molecule has 0 aliphatic rings. The molecule has 33 heavy (non-hydrogen) atoms. The van der Waals surface area contributed by atoms with Gasteiger partial charge in [0.15, 0.2) is 0 Å². The summed E-state index contributed by atoms with van der Waals surface area (Å²) in [5.41, 5.74) is 4.58. The van der Waals surface area contributed by atoms with Crippen molar-refractivity contribution in [1.82, 2.24) is 9.97 Å². The molecular formula is C28H18F2IrN2-2. The normalized spacial score (nSPS) is 9.88. The average Bonchev–Trinajstić information content (AvgIpc) is 2.85. The zero-order valence-corrected chi connectivity index (χ0v) is 19.8. The van der Waals surface area contributed by atoms with E-state index in [1.165, 1.54) is 6.07 Å². The Morgan fingerprint density at radius 1 is 0.667 bits per heavy atom. The topological polar surface area (TPSA) is 25.8 Å². The Labute approximate surface area is 205 Å². The Kier molecular flexibility index (Phi) is 8.70. The van der Waals surface area contributed by atoms with E-state index in [1.54, 1.807) is 18.5 Å². The van der Waals surface area contributed by atoms with Crippen molar-refractivity contribution in [3.05, 3.63) is 133 Å². The number of hydrogen-bond acceptors (Lipinski definition) is 2. The van der Waals surface area contributed by atoms with Crippen molar-refractivity contribution in [3.63, 3.8) is 0 Å². The average molecular weight is 613 g/mol. The van der Waals surface area contributed by atoms with Gasteiger partial charge >= 0.3 is 0 Å². The zero-order chi connectivity index (χ0) is 22.2. The summed E-state index contributed by atoms with van der Waals surface area (Å²) in [6, 6.07) is 34.6. The monoisotopic (exact) mass is 613 g/mol. The van der Waals surface area contributed by atoms with Crippen LogP contribution < -0.4 is 0 Å². The van der Waals surface area contributed by atoms with E-state index >= 15 is 0 Å². The van der Waals surface area contributed by atoms with Gasteiger partial charge in [0.05, 0.1) is 0 Å². The number of nitrogens with zero attached hydrogens (tertiary/aromatic N) is 2. The third-order valence-electron chi connectivity index (χ3n) is 4.60. The summed E-state index contributed by atoms with van der Waals surface area (Å²) >= 11 is 0. The molecule has 5 rings (SSSR count). The maximum absolute atomic E-state index is 13.4. The molecule has 0 amide bonds. The van der Waals surface area contributed by atoms with Crippen LogP contribution in [0.4, 0.5) is 8.78 Å². The van der Waals surface area contributed by atoms with Gasteiger partial charge in [-0.25, -0.2) is 8.78 Å². The number of rotatable bonds is 3. The van der Waals surface area contributed by atoms with Crippen molar-refractivity contribution in [2.24, 2.45) is 0 Å². The Morgan fingerprint density at radius 2 is 1.42 bits per heavy atom. The Bertz CT molecular complexity index is 1220. The van der Waals surface area contributed by atoms with Gasteiger partial charge in [-0.15, -0.1) is 53.6 Å². The van der Waals surface area contributed by atoms with Gasteiger partial charge < -0.3 is 9.97 Å². The van der Waals surface area contributed by atoms with Crippen LogP contribution in [-0.2, 0) is 20.1 Å². The molecule has 2 aromatic heterocycles. The Hall–Kier alpha value is -3.53. The van der Waals surface area contributed by atoms with E-state index in [1.807, 2.05) is 78.9 Å². The molecule has 0 aliphatic carbocycles. The quantitative estimate of drug-likeness (QED) is 0.204. The molecule has 5 heteroatoms. The fourth-order valence-electron chi connectivity index (χ4n) is 3.17. The summed E-state index contributed by atoms with van der Waals surface area (Å²) in [5.74, 6) is -1.37.